The number of para-hydroxylation sites is 1. The van der Waals surface area contributed by atoms with Gasteiger partial charge in [-0.1, -0.05) is 54.3 Å². The first kappa shape index (κ1) is 23.5. The summed E-state index contributed by atoms with van der Waals surface area (Å²) in [4.78, 5) is 27.7. The van der Waals surface area contributed by atoms with Crippen LogP contribution in [0.15, 0.2) is 83.8 Å². The van der Waals surface area contributed by atoms with E-state index in [1.807, 2.05) is 54.6 Å². The van der Waals surface area contributed by atoms with Crippen LogP contribution in [0.3, 0.4) is 0 Å². The minimum Gasteiger partial charge on any atom is -0.497 e. The maximum atomic E-state index is 13.1. The molecule has 1 aliphatic rings. The molecule has 1 saturated heterocycles. The predicted molar refractivity (Wildman–Crippen MR) is 139 cm³/mol. The lowest BCUT2D eigenvalue weighted by Crippen LogP contribution is -2.44. The number of ether oxygens (including phenoxy) is 2. The molecule has 8 heteroatoms. The van der Waals surface area contributed by atoms with Gasteiger partial charge < -0.3 is 14.8 Å². The van der Waals surface area contributed by atoms with Crippen LogP contribution < -0.4 is 14.8 Å². The van der Waals surface area contributed by atoms with Gasteiger partial charge in [-0.15, -0.1) is 0 Å². The normalized spacial score (nSPS) is 15.4. The Morgan fingerprint density at radius 2 is 1.71 bits per heavy atom. The van der Waals surface area contributed by atoms with Gasteiger partial charge in [-0.2, -0.15) is 0 Å². The van der Waals surface area contributed by atoms with E-state index in [4.69, 9.17) is 21.7 Å². The van der Waals surface area contributed by atoms with Gasteiger partial charge in [0.25, 0.3) is 5.91 Å². The highest BCUT2D eigenvalue weighted by atomic mass is 32.2. The number of carbonyl (C=O) groups excluding carboxylic acids is 2. The fourth-order valence-electron chi connectivity index (χ4n) is 3.30. The number of carbonyl (C=O) groups is 2. The van der Waals surface area contributed by atoms with Gasteiger partial charge in [-0.3, -0.25) is 14.5 Å². The Balaban J connectivity index is 1.46. The topological polar surface area (TPSA) is 67.9 Å². The Bertz CT molecular complexity index is 1240. The fraction of sp³-hybridized carbons (Fsp3) is 0.115. The molecule has 3 aromatic rings. The van der Waals surface area contributed by atoms with E-state index in [-0.39, 0.29) is 11.8 Å². The van der Waals surface area contributed by atoms with Gasteiger partial charge in [-0.25, -0.2) is 0 Å². The number of amides is 2. The standard InChI is InChI=1S/C26H22N2O4S2/c1-17(24(29)27-19-11-13-20(31-2)14-12-19)28-25(30)23(34-26(28)33)16-18-7-6-10-22(15-18)32-21-8-4-3-5-9-21/h3-17H,1-2H3,(H,27,29)/b23-16-. The Kier molecular flexibility index (Phi) is 7.30. The monoisotopic (exact) mass is 490 g/mol. The van der Waals surface area contributed by atoms with Crippen LogP contribution in [0.2, 0.25) is 0 Å². The highest BCUT2D eigenvalue weighted by Gasteiger charge is 2.38. The van der Waals surface area contributed by atoms with Crippen molar-refractivity contribution in [2.24, 2.45) is 0 Å². The molecule has 172 valence electrons. The first-order chi connectivity index (χ1) is 16.4. The second kappa shape index (κ2) is 10.5. The first-order valence-corrected chi connectivity index (χ1v) is 11.7. The van der Waals surface area contributed by atoms with E-state index < -0.39 is 6.04 Å². The van der Waals surface area contributed by atoms with Gasteiger partial charge in [-0.05, 0) is 67.1 Å². The molecule has 0 radical (unpaired) electrons. The zero-order valence-electron chi connectivity index (χ0n) is 18.6. The third-order valence-corrected chi connectivity index (χ3v) is 6.41. The van der Waals surface area contributed by atoms with Crippen molar-refractivity contribution in [3.05, 3.63) is 89.3 Å². The second-order valence-corrected chi connectivity index (χ2v) is 9.11. The average molecular weight is 491 g/mol. The van der Waals surface area contributed by atoms with Gasteiger partial charge in [0.2, 0.25) is 5.91 Å². The van der Waals surface area contributed by atoms with Crippen molar-refractivity contribution < 1.29 is 19.1 Å². The Hall–Kier alpha value is -3.62. The first-order valence-electron chi connectivity index (χ1n) is 10.5. The van der Waals surface area contributed by atoms with Gasteiger partial charge in [0.1, 0.15) is 27.6 Å². The van der Waals surface area contributed by atoms with E-state index in [2.05, 4.69) is 5.32 Å². The molecule has 0 aliphatic carbocycles. The molecule has 1 aliphatic heterocycles. The number of thiocarbonyl (C=S) groups is 1. The van der Waals surface area contributed by atoms with Crippen molar-refractivity contribution in [1.82, 2.24) is 4.90 Å². The van der Waals surface area contributed by atoms with Gasteiger partial charge in [0.15, 0.2) is 0 Å². The maximum Gasteiger partial charge on any atom is 0.266 e. The molecule has 6 nitrogen and oxygen atoms in total. The number of hydrogen-bond acceptors (Lipinski definition) is 6. The van der Waals surface area contributed by atoms with Crippen molar-refractivity contribution in [3.63, 3.8) is 0 Å². The van der Waals surface area contributed by atoms with Crippen LogP contribution in [-0.4, -0.2) is 34.2 Å². The molecular weight excluding hydrogens is 468 g/mol. The van der Waals surface area contributed by atoms with Crippen LogP contribution in [0.1, 0.15) is 12.5 Å². The quantitative estimate of drug-likeness (QED) is 0.338. The number of nitrogens with one attached hydrogen (secondary N) is 1. The summed E-state index contributed by atoms with van der Waals surface area (Å²) in [5, 5.41) is 2.81. The summed E-state index contributed by atoms with van der Waals surface area (Å²) in [6.45, 7) is 1.65. The maximum absolute atomic E-state index is 13.1. The van der Waals surface area contributed by atoms with E-state index in [9.17, 15) is 9.59 Å². The zero-order valence-corrected chi connectivity index (χ0v) is 20.2. The minimum atomic E-state index is -0.770. The average Bonchev–Trinajstić information content (AvgIpc) is 3.12. The molecule has 4 rings (SSSR count). The van der Waals surface area contributed by atoms with Crippen LogP contribution in [-0.2, 0) is 9.59 Å². The SMILES string of the molecule is COc1ccc(NC(=O)C(C)N2C(=O)/C(=C/c3cccc(Oc4ccccc4)c3)SC2=S)cc1. The third-order valence-electron chi connectivity index (χ3n) is 5.08. The number of benzene rings is 3. The number of thioether (sulfide) groups is 1. The van der Waals surface area contributed by atoms with Gasteiger partial charge >= 0.3 is 0 Å². The van der Waals surface area contributed by atoms with Crippen LogP contribution >= 0.6 is 24.0 Å². The fourth-order valence-corrected chi connectivity index (χ4v) is 4.71. The molecule has 1 N–H and O–H groups in total. The predicted octanol–water partition coefficient (Wildman–Crippen LogP) is 5.72. The third kappa shape index (κ3) is 5.47. The van der Waals surface area contributed by atoms with Crippen molar-refractivity contribution >= 4 is 51.9 Å². The molecule has 1 fully saturated rings. The van der Waals surface area contributed by atoms with E-state index in [0.29, 0.717) is 26.4 Å². The summed E-state index contributed by atoms with van der Waals surface area (Å²) < 4.78 is 11.3. The molecule has 1 atom stereocenters. The Morgan fingerprint density at radius 3 is 2.41 bits per heavy atom. The zero-order chi connectivity index (χ0) is 24.1. The van der Waals surface area contributed by atoms with E-state index in [1.165, 1.54) is 16.7 Å². The van der Waals surface area contributed by atoms with Crippen LogP contribution in [0.4, 0.5) is 5.69 Å². The molecular formula is C26H22N2O4S2. The van der Waals surface area contributed by atoms with Gasteiger partial charge in [0, 0.05) is 5.69 Å². The van der Waals surface area contributed by atoms with Crippen molar-refractivity contribution in [2.75, 3.05) is 12.4 Å². The highest BCUT2D eigenvalue weighted by molar-refractivity contribution is 8.26. The summed E-state index contributed by atoms with van der Waals surface area (Å²) in [5.41, 5.74) is 1.40. The Labute approximate surface area is 207 Å². The molecule has 1 unspecified atom stereocenters. The summed E-state index contributed by atoms with van der Waals surface area (Å²) in [5.74, 6) is 1.43. The molecule has 0 spiro atoms. The van der Waals surface area contributed by atoms with Gasteiger partial charge in [0.05, 0.1) is 12.0 Å². The van der Waals surface area contributed by atoms with E-state index >= 15 is 0 Å². The number of rotatable bonds is 7. The number of anilines is 1. The summed E-state index contributed by atoms with van der Waals surface area (Å²) in [6.07, 6.45) is 1.76. The lowest BCUT2D eigenvalue weighted by atomic mass is 10.2. The summed E-state index contributed by atoms with van der Waals surface area (Å²) >= 11 is 6.60. The van der Waals surface area contributed by atoms with Crippen molar-refractivity contribution in [1.29, 1.82) is 0 Å². The smallest absolute Gasteiger partial charge is 0.266 e. The van der Waals surface area contributed by atoms with Crippen LogP contribution in [0.25, 0.3) is 6.08 Å². The number of nitrogens with zero attached hydrogens (tertiary/aromatic N) is 1. The van der Waals surface area contributed by atoms with Crippen LogP contribution in [0.5, 0.6) is 17.2 Å². The molecule has 34 heavy (non-hydrogen) atoms. The number of hydrogen-bond donors (Lipinski definition) is 1. The summed E-state index contributed by atoms with van der Waals surface area (Å²) in [7, 11) is 1.57. The molecule has 0 saturated carbocycles. The lowest BCUT2D eigenvalue weighted by Gasteiger charge is -2.22. The molecule has 0 aromatic heterocycles. The van der Waals surface area contributed by atoms with E-state index in [1.54, 1.807) is 44.4 Å². The molecule has 0 bridgehead atoms. The number of methoxy groups -OCH3 is 1. The van der Waals surface area contributed by atoms with Crippen molar-refractivity contribution in [3.8, 4) is 17.2 Å². The van der Waals surface area contributed by atoms with Crippen LogP contribution in [0, 0.1) is 0 Å². The van der Waals surface area contributed by atoms with Crippen molar-refractivity contribution in [2.45, 2.75) is 13.0 Å². The summed E-state index contributed by atoms with van der Waals surface area (Å²) in [6, 6.07) is 23.1. The molecule has 2 amide bonds. The van der Waals surface area contributed by atoms with E-state index in [0.717, 1.165) is 11.3 Å². The minimum absolute atomic E-state index is 0.304. The molecule has 3 aromatic carbocycles. The Morgan fingerprint density at radius 1 is 1.00 bits per heavy atom. The highest BCUT2D eigenvalue weighted by Crippen LogP contribution is 2.35. The lowest BCUT2D eigenvalue weighted by molar-refractivity contribution is -0.129. The second-order valence-electron chi connectivity index (χ2n) is 7.43. The molecule has 1 heterocycles. The largest absolute Gasteiger partial charge is 0.497 e.